The molecule has 2 aliphatic rings. The molecule has 1 aliphatic heterocycles. The molecule has 2 heterocycles. The summed E-state index contributed by atoms with van der Waals surface area (Å²) < 4.78 is 16.1. The lowest BCUT2D eigenvalue weighted by molar-refractivity contribution is -0.119. The molecule has 2 N–H and O–H groups in total. The first-order valence-corrected chi connectivity index (χ1v) is 12.0. The summed E-state index contributed by atoms with van der Waals surface area (Å²) in [5.41, 5.74) is 1.29. The average Bonchev–Trinajstić information content (AvgIpc) is 3.46. The van der Waals surface area contributed by atoms with Crippen molar-refractivity contribution in [2.24, 2.45) is 11.8 Å². The summed E-state index contributed by atoms with van der Waals surface area (Å²) in [6.45, 7) is 4.32. The number of hydrogen-bond acceptors (Lipinski definition) is 6. The second-order valence-corrected chi connectivity index (χ2v) is 8.82. The van der Waals surface area contributed by atoms with E-state index in [-0.39, 0.29) is 24.3 Å². The number of anilines is 1. The molecule has 2 fully saturated rings. The monoisotopic (exact) mass is 442 g/mol. The third-order valence-corrected chi connectivity index (χ3v) is 6.66. The third-order valence-electron chi connectivity index (χ3n) is 6.66. The van der Waals surface area contributed by atoms with E-state index in [9.17, 15) is 9.59 Å². The Morgan fingerprint density at radius 2 is 1.97 bits per heavy atom. The number of ether oxygens (including phenoxy) is 2. The van der Waals surface area contributed by atoms with E-state index >= 15 is 0 Å². The molecule has 1 saturated heterocycles. The smallest absolute Gasteiger partial charge is 0.374 e. The SMILES string of the molecule is CCOCCCOC(=O)c1cc2cc(NC(=O)[C@H]3NCCC3C3CCCCC3)ccc2o1. The lowest BCUT2D eigenvalue weighted by atomic mass is 9.76. The zero-order valence-corrected chi connectivity index (χ0v) is 18.9. The number of benzene rings is 1. The maximum absolute atomic E-state index is 13.0. The standard InChI is InChI=1S/C25H34N2O5/c1-2-30-13-6-14-31-25(29)22-16-18-15-19(9-10-21(18)32-22)27-24(28)23-20(11-12-26-23)17-7-4-3-5-8-17/h9-10,15-17,20,23,26H,2-8,11-14H2,1H3,(H,27,28)/t20?,23-/m0/s1. The van der Waals surface area contributed by atoms with Gasteiger partial charge in [-0.15, -0.1) is 0 Å². The van der Waals surface area contributed by atoms with Crippen LogP contribution in [0.4, 0.5) is 5.69 Å². The number of rotatable bonds is 9. The van der Waals surface area contributed by atoms with Gasteiger partial charge in [0.05, 0.1) is 12.6 Å². The van der Waals surface area contributed by atoms with Crippen molar-refractivity contribution in [2.75, 3.05) is 31.7 Å². The largest absolute Gasteiger partial charge is 0.460 e. The molecular weight excluding hydrogens is 408 g/mol. The van der Waals surface area contributed by atoms with E-state index < -0.39 is 5.97 Å². The van der Waals surface area contributed by atoms with Crippen molar-refractivity contribution in [2.45, 2.75) is 57.9 Å². The maximum atomic E-state index is 13.0. The highest BCUT2D eigenvalue weighted by Gasteiger charge is 2.38. The Morgan fingerprint density at radius 3 is 2.78 bits per heavy atom. The first-order chi connectivity index (χ1) is 15.7. The fraction of sp³-hybridized carbons (Fsp3) is 0.600. The molecule has 0 radical (unpaired) electrons. The normalized spacial score (nSPS) is 21.7. The highest BCUT2D eigenvalue weighted by Crippen LogP contribution is 2.36. The van der Waals surface area contributed by atoms with E-state index in [1.807, 2.05) is 19.1 Å². The molecule has 1 aliphatic carbocycles. The van der Waals surface area contributed by atoms with Crippen LogP contribution in [0.25, 0.3) is 11.0 Å². The summed E-state index contributed by atoms with van der Waals surface area (Å²) in [7, 11) is 0. The van der Waals surface area contributed by atoms with Gasteiger partial charge in [-0.2, -0.15) is 0 Å². The van der Waals surface area contributed by atoms with Crippen molar-refractivity contribution >= 4 is 28.5 Å². The van der Waals surface area contributed by atoms with Gasteiger partial charge in [-0.3, -0.25) is 4.79 Å². The quantitative estimate of drug-likeness (QED) is 0.439. The number of nitrogens with one attached hydrogen (secondary N) is 2. The van der Waals surface area contributed by atoms with Gasteiger partial charge in [-0.25, -0.2) is 4.79 Å². The van der Waals surface area contributed by atoms with Crippen LogP contribution >= 0.6 is 0 Å². The number of carbonyl (C=O) groups is 2. The molecule has 4 rings (SSSR count). The molecule has 7 heteroatoms. The van der Waals surface area contributed by atoms with Crippen LogP contribution in [0.2, 0.25) is 0 Å². The van der Waals surface area contributed by atoms with Gasteiger partial charge in [0.1, 0.15) is 5.58 Å². The van der Waals surface area contributed by atoms with Gasteiger partial charge in [-0.1, -0.05) is 32.1 Å². The molecular formula is C25H34N2O5. The topological polar surface area (TPSA) is 89.8 Å². The van der Waals surface area contributed by atoms with Crippen LogP contribution in [0.5, 0.6) is 0 Å². The van der Waals surface area contributed by atoms with Gasteiger partial charge in [0.2, 0.25) is 11.7 Å². The highest BCUT2D eigenvalue weighted by molar-refractivity contribution is 5.98. The first-order valence-electron chi connectivity index (χ1n) is 12.0. The molecule has 0 bridgehead atoms. The molecule has 7 nitrogen and oxygen atoms in total. The fourth-order valence-corrected chi connectivity index (χ4v) is 5.06. The predicted octanol–water partition coefficient (Wildman–Crippen LogP) is 4.51. The minimum atomic E-state index is -0.492. The summed E-state index contributed by atoms with van der Waals surface area (Å²) in [5.74, 6) is 0.753. The van der Waals surface area contributed by atoms with Crippen LogP contribution in [0, 0.1) is 11.8 Å². The van der Waals surface area contributed by atoms with Crippen LogP contribution in [-0.4, -0.2) is 44.3 Å². The molecule has 2 aromatic rings. The number of esters is 1. The molecule has 1 aromatic carbocycles. The van der Waals surface area contributed by atoms with Gasteiger partial charge < -0.3 is 24.5 Å². The second kappa shape index (κ2) is 11.0. The summed E-state index contributed by atoms with van der Waals surface area (Å²) in [4.78, 5) is 25.3. The molecule has 174 valence electrons. The number of carbonyl (C=O) groups excluding carboxylic acids is 2. The Bertz CT molecular complexity index is 918. The van der Waals surface area contributed by atoms with Gasteiger partial charge in [-0.05, 0) is 56.0 Å². The number of fused-ring (bicyclic) bond motifs is 1. The van der Waals surface area contributed by atoms with Gasteiger partial charge in [0.15, 0.2) is 0 Å². The molecule has 0 spiro atoms. The second-order valence-electron chi connectivity index (χ2n) is 8.82. The Kier molecular flexibility index (Phi) is 7.81. The zero-order chi connectivity index (χ0) is 22.3. The van der Waals surface area contributed by atoms with Crippen LogP contribution in [0.15, 0.2) is 28.7 Å². The maximum Gasteiger partial charge on any atom is 0.374 e. The number of hydrogen-bond donors (Lipinski definition) is 2. The first kappa shape index (κ1) is 22.8. The van der Waals surface area contributed by atoms with Crippen molar-refractivity contribution in [3.63, 3.8) is 0 Å². The van der Waals surface area contributed by atoms with Gasteiger partial charge in [0.25, 0.3) is 0 Å². The third kappa shape index (κ3) is 5.51. The molecule has 1 saturated carbocycles. The summed E-state index contributed by atoms with van der Waals surface area (Å²) in [5, 5.41) is 7.23. The summed E-state index contributed by atoms with van der Waals surface area (Å²) in [6.07, 6.45) is 8.07. The minimum absolute atomic E-state index is 0.0230. The molecule has 1 amide bonds. The summed E-state index contributed by atoms with van der Waals surface area (Å²) in [6, 6.07) is 6.95. The number of furan rings is 1. The van der Waals surface area contributed by atoms with Crippen molar-refractivity contribution in [3.8, 4) is 0 Å². The van der Waals surface area contributed by atoms with E-state index in [4.69, 9.17) is 13.9 Å². The van der Waals surface area contributed by atoms with E-state index in [1.54, 1.807) is 12.1 Å². The van der Waals surface area contributed by atoms with Gasteiger partial charge >= 0.3 is 5.97 Å². The van der Waals surface area contributed by atoms with E-state index in [1.165, 1.54) is 32.1 Å². The molecule has 2 atom stereocenters. The molecule has 32 heavy (non-hydrogen) atoms. The highest BCUT2D eigenvalue weighted by atomic mass is 16.5. The van der Waals surface area contributed by atoms with Crippen LogP contribution < -0.4 is 10.6 Å². The minimum Gasteiger partial charge on any atom is -0.460 e. The molecule has 1 aromatic heterocycles. The van der Waals surface area contributed by atoms with Crippen molar-refractivity contribution in [3.05, 3.63) is 30.0 Å². The van der Waals surface area contributed by atoms with E-state index in [2.05, 4.69) is 10.6 Å². The Hall–Kier alpha value is -2.38. The van der Waals surface area contributed by atoms with E-state index in [0.29, 0.717) is 42.7 Å². The average molecular weight is 443 g/mol. The summed E-state index contributed by atoms with van der Waals surface area (Å²) >= 11 is 0. The van der Waals surface area contributed by atoms with E-state index in [0.717, 1.165) is 18.4 Å². The van der Waals surface area contributed by atoms with Crippen molar-refractivity contribution < 1.29 is 23.5 Å². The van der Waals surface area contributed by atoms with Crippen LogP contribution in [0.1, 0.15) is 62.4 Å². The zero-order valence-electron chi connectivity index (χ0n) is 18.9. The lowest BCUT2D eigenvalue weighted by Crippen LogP contribution is -2.42. The fourth-order valence-electron chi connectivity index (χ4n) is 5.06. The molecule has 1 unspecified atom stereocenters. The Balaban J connectivity index is 1.36. The Labute approximate surface area is 189 Å². The van der Waals surface area contributed by atoms with Crippen molar-refractivity contribution in [1.82, 2.24) is 5.32 Å². The lowest BCUT2D eigenvalue weighted by Gasteiger charge is -2.30. The van der Waals surface area contributed by atoms with Crippen molar-refractivity contribution in [1.29, 1.82) is 0 Å². The van der Waals surface area contributed by atoms with Gasteiger partial charge in [0, 0.05) is 30.7 Å². The van der Waals surface area contributed by atoms with Crippen LogP contribution in [0.3, 0.4) is 0 Å². The Morgan fingerprint density at radius 1 is 1.12 bits per heavy atom. The van der Waals surface area contributed by atoms with Crippen LogP contribution in [-0.2, 0) is 14.3 Å². The number of amides is 1. The predicted molar refractivity (Wildman–Crippen MR) is 123 cm³/mol.